The molecule has 0 unspecified atom stereocenters. The van der Waals surface area contributed by atoms with E-state index in [9.17, 15) is 9.59 Å². The van der Waals surface area contributed by atoms with E-state index in [0.717, 1.165) is 5.69 Å². The number of hydrogen-bond acceptors (Lipinski definition) is 4. The predicted octanol–water partition coefficient (Wildman–Crippen LogP) is -0.706. The van der Waals surface area contributed by atoms with Crippen LogP contribution in [0.5, 0.6) is 0 Å². The van der Waals surface area contributed by atoms with Crippen molar-refractivity contribution in [3.05, 3.63) is 17.5 Å². The number of hydrogen-bond donors (Lipinski definition) is 3. The van der Waals surface area contributed by atoms with E-state index < -0.39 is 12.1 Å². The fraction of sp³-hybridized carbons (Fsp3) is 0.500. The summed E-state index contributed by atoms with van der Waals surface area (Å²) < 4.78 is 1.57. The monoisotopic (exact) mass is 241 g/mol. The van der Waals surface area contributed by atoms with Gasteiger partial charge < -0.3 is 15.5 Å². The Bertz CT molecular complexity index is 427. The number of nitrogens with zero attached hydrogens (tertiary/aromatic N) is 2. The highest BCUT2D eigenvalue weighted by molar-refractivity contribution is 5.95. The van der Waals surface area contributed by atoms with Crippen LogP contribution >= 0.6 is 0 Å². The van der Waals surface area contributed by atoms with Crippen LogP contribution in [0, 0.1) is 6.92 Å². The van der Waals surface area contributed by atoms with E-state index in [4.69, 9.17) is 10.2 Å². The lowest BCUT2D eigenvalue weighted by molar-refractivity contribution is -0.146. The van der Waals surface area contributed by atoms with Crippen LogP contribution in [0.2, 0.25) is 0 Å². The van der Waals surface area contributed by atoms with Crippen molar-refractivity contribution < 1.29 is 19.8 Å². The fourth-order valence-corrected chi connectivity index (χ4v) is 1.26. The molecule has 0 saturated heterocycles. The van der Waals surface area contributed by atoms with Crippen molar-refractivity contribution in [3.8, 4) is 0 Å². The number of rotatable bonds is 5. The first-order chi connectivity index (χ1) is 7.93. The van der Waals surface area contributed by atoms with Gasteiger partial charge in [0.15, 0.2) is 6.10 Å². The van der Waals surface area contributed by atoms with Gasteiger partial charge in [0, 0.05) is 25.7 Å². The number of aliphatic hydroxyl groups is 1. The zero-order valence-electron chi connectivity index (χ0n) is 9.67. The van der Waals surface area contributed by atoms with Gasteiger partial charge in [0.2, 0.25) is 0 Å². The van der Waals surface area contributed by atoms with Gasteiger partial charge in [-0.15, -0.1) is 0 Å². The van der Waals surface area contributed by atoms with Crippen molar-refractivity contribution >= 4 is 11.9 Å². The van der Waals surface area contributed by atoms with Crippen LogP contribution in [0.15, 0.2) is 6.20 Å². The minimum Gasteiger partial charge on any atom is -0.479 e. The molecule has 7 nitrogen and oxygen atoms in total. The Morgan fingerprint density at radius 3 is 2.71 bits per heavy atom. The molecule has 94 valence electrons. The number of aliphatic carboxylic acids is 1. The van der Waals surface area contributed by atoms with E-state index in [1.807, 2.05) is 0 Å². The van der Waals surface area contributed by atoms with Crippen LogP contribution in [0.3, 0.4) is 0 Å². The summed E-state index contributed by atoms with van der Waals surface area (Å²) >= 11 is 0. The molecule has 0 radical (unpaired) electrons. The normalized spacial score (nSPS) is 12.2. The van der Waals surface area contributed by atoms with Gasteiger partial charge in [-0.3, -0.25) is 9.48 Å². The Balaban J connectivity index is 2.46. The molecule has 0 spiro atoms. The van der Waals surface area contributed by atoms with Gasteiger partial charge in [-0.05, 0) is 6.92 Å². The van der Waals surface area contributed by atoms with Crippen LogP contribution in [0.4, 0.5) is 0 Å². The van der Waals surface area contributed by atoms with Crippen LogP contribution in [0.25, 0.3) is 0 Å². The summed E-state index contributed by atoms with van der Waals surface area (Å²) in [5.74, 6) is -1.62. The Kier molecular flexibility index (Phi) is 4.22. The molecule has 7 heteroatoms. The third-order valence-corrected chi connectivity index (χ3v) is 2.47. The third-order valence-electron chi connectivity index (χ3n) is 2.47. The molecule has 0 aromatic carbocycles. The molecule has 0 aliphatic rings. The van der Waals surface area contributed by atoms with Crippen LogP contribution in [0.1, 0.15) is 22.5 Å². The molecule has 0 aliphatic heterocycles. The van der Waals surface area contributed by atoms with Gasteiger partial charge in [-0.1, -0.05) is 0 Å². The maximum absolute atomic E-state index is 11.6. The number of carbonyl (C=O) groups is 2. The van der Waals surface area contributed by atoms with E-state index in [2.05, 4.69) is 10.4 Å². The van der Waals surface area contributed by atoms with E-state index in [1.54, 1.807) is 18.7 Å². The average Bonchev–Trinajstić information content (AvgIpc) is 2.59. The lowest BCUT2D eigenvalue weighted by Crippen LogP contribution is -2.30. The third kappa shape index (κ3) is 3.28. The lowest BCUT2D eigenvalue weighted by atomic mass is 10.2. The molecule has 1 rings (SSSR count). The van der Waals surface area contributed by atoms with E-state index in [-0.39, 0.29) is 18.9 Å². The first-order valence-electron chi connectivity index (χ1n) is 5.11. The molecule has 0 bridgehead atoms. The molecule has 17 heavy (non-hydrogen) atoms. The van der Waals surface area contributed by atoms with Crippen molar-refractivity contribution in [3.63, 3.8) is 0 Å². The van der Waals surface area contributed by atoms with Gasteiger partial charge in [-0.25, -0.2) is 4.79 Å². The molecule has 1 aromatic heterocycles. The highest BCUT2D eigenvalue weighted by Crippen LogP contribution is 2.04. The number of carbonyl (C=O) groups excluding carboxylic acids is 1. The first-order valence-corrected chi connectivity index (χ1v) is 5.11. The van der Waals surface area contributed by atoms with Crippen molar-refractivity contribution in [2.24, 2.45) is 7.05 Å². The molecular weight excluding hydrogens is 226 g/mol. The number of aryl methyl sites for hydroxylation is 1. The van der Waals surface area contributed by atoms with Crippen molar-refractivity contribution in [2.45, 2.75) is 19.4 Å². The minimum absolute atomic E-state index is 0.0274. The molecule has 1 heterocycles. The SMILES string of the molecule is Cc1c(C(=O)NCC[C@H](O)C(=O)O)cnn1C. The summed E-state index contributed by atoms with van der Waals surface area (Å²) in [7, 11) is 1.72. The smallest absolute Gasteiger partial charge is 0.332 e. The Morgan fingerprint density at radius 2 is 2.24 bits per heavy atom. The van der Waals surface area contributed by atoms with E-state index in [1.165, 1.54) is 6.20 Å². The van der Waals surface area contributed by atoms with E-state index >= 15 is 0 Å². The maximum Gasteiger partial charge on any atom is 0.332 e. The molecule has 0 fully saturated rings. The van der Waals surface area contributed by atoms with Gasteiger partial charge in [0.25, 0.3) is 5.91 Å². The number of nitrogens with one attached hydrogen (secondary N) is 1. The molecule has 0 aliphatic carbocycles. The first kappa shape index (κ1) is 13.2. The number of aromatic nitrogens is 2. The molecule has 1 amide bonds. The quantitative estimate of drug-likeness (QED) is 0.632. The summed E-state index contributed by atoms with van der Waals surface area (Å²) in [6, 6.07) is 0. The average molecular weight is 241 g/mol. The van der Waals surface area contributed by atoms with Crippen LogP contribution < -0.4 is 5.32 Å². The van der Waals surface area contributed by atoms with Crippen molar-refractivity contribution in [2.75, 3.05) is 6.54 Å². The second-order valence-electron chi connectivity index (χ2n) is 3.67. The molecule has 3 N–H and O–H groups in total. The summed E-state index contributed by atoms with van der Waals surface area (Å²) in [5, 5.41) is 23.9. The Morgan fingerprint density at radius 1 is 1.59 bits per heavy atom. The van der Waals surface area contributed by atoms with Gasteiger partial charge in [-0.2, -0.15) is 5.10 Å². The topological polar surface area (TPSA) is 104 Å². The standard InChI is InChI=1S/C10H15N3O4/c1-6-7(5-12-13(6)2)9(15)11-4-3-8(14)10(16)17/h5,8,14H,3-4H2,1-2H3,(H,11,15)(H,16,17)/t8-/m0/s1. The maximum atomic E-state index is 11.6. The van der Waals surface area contributed by atoms with E-state index in [0.29, 0.717) is 5.56 Å². The molecule has 1 aromatic rings. The molecule has 0 saturated carbocycles. The highest BCUT2D eigenvalue weighted by Gasteiger charge is 2.15. The zero-order valence-corrected chi connectivity index (χ0v) is 9.67. The number of aliphatic hydroxyl groups excluding tert-OH is 1. The molecule has 1 atom stereocenters. The van der Waals surface area contributed by atoms with Gasteiger partial charge >= 0.3 is 5.97 Å². The Labute approximate surface area is 98.1 Å². The van der Waals surface area contributed by atoms with Gasteiger partial charge in [0.05, 0.1) is 11.8 Å². The summed E-state index contributed by atoms with van der Waals surface area (Å²) in [4.78, 5) is 22.0. The Hall–Kier alpha value is -1.89. The zero-order chi connectivity index (χ0) is 13.0. The van der Waals surface area contributed by atoms with Crippen LogP contribution in [-0.4, -0.2) is 44.5 Å². The predicted molar refractivity (Wildman–Crippen MR) is 58.5 cm³/mol. The summed E-state index contributed by atoms with van der Waals surface area (Å²) in [5.41, 5.74) is 1.17. The summed E-state index contributed by atoms with van der Waals surface area (Å²) in [6.07, 6.45) is -0.0381. The van der Waals surface area contributed by atoms with Gasteiger partial charge in [0.1, 0.15) is 0 Å². The fourth-order valence-electron chi connectivity index (χ4n) is 1.26. The second-order valence-corrected chi connectivity index (χ2v) is 3.67. The van der Waals surface area contributed by atoms with Crippen molar-refractivity contribution in [1.82, 2.24) is 15.1 Å². The second kappa shape index (κ2) is 5.44. The lowest BCUT2D eigenvalue weighted by Gasteiger charge is -2.07. The highest BCUT2D eigenvalue weighted by atomic mass is 16.4. The van der Waals surface area contributed by atoms with Crippen molar-refractivity contribution in [1.29, 1.82) is 0 Å². The summed E-state index contributed by atoms with van der Waals surface area (Å²) in [6.45, 7) is 1.86. The number of carboxylic acid groups (broad SMARTS) is 1. The number of carboxylic acids is 1. The van der Waals surface area contributed by atoms with Crippen LogP contribution in [-0.2, 0) is 11.8 Å². The minimum atomic E-state index is -1.45. The molecular formula is C10H15N3O4. The largest absolute Gasteiger partial charge is 0.479 e. The number of amides is 1.